The Morgan fingerprint density at radius 1 is 1.30 bits per heavy atom. The smallest absolute Gasteiger partial charge is 0.246 e. The Bertz CT molecular complexity index is 747. The highest BCUT2D eigenvalue weighted by molar-refractivity contribution is 7.89. The van der Waals surface area contributed by atoms with Crippen LogP contribution in [0.25, 0.3) is 0 Å². The zero-order valence-corrected chi connectivity index (χ0v) is 16.9. The third-order valence-corrected chi connectivity index (χ3v) is 7.87. The predicted octanol–water partition coefficient (Wildman–Crippen LogP) is 0.989. The first-order chi connectivity index (χ1) is 12.8. The van der Waals surface area contributed by atoms with E-state index in [-0.39, 0.29) is 22.3 Å². The summed E-state index contributed by atoms with van der Waals surface area (Å²) in [5.41, 5.74) is 5.93. The van der Waals surface area contributed by atoms with Crippen LogP contribution in [-0.4, -0.2) is 54.1 Å². The molecule has 1 aliphatic heterocycles. The maximum absolute atomic E-state index is 12.6. The van der Waals surface area contributed by atoms with Gasteiger partial charge in [-0.15, -0.1) is 0 Å². The standard InChI is InChI=1S/C18H31N5O3S/c1-22-13-16(12-20-22)27(25,26)23-9-5-15(6-10-23)21-17(24)11-18(14-19)7-3-2-4-8-18/h12-13,15H,2-11,14,19H2,1H3,(H,21,24). The Balaban J connectivity index is 1.51. The van der Waals surface area contributed by atoms with Gasteiger partial charge in [0.2, 0.25) is 15.9 Å². The van der Waals surface area contributed by atoms with E-state index in [4.69, 9.17) is 5.73 Å². The van der Waals surface area contributed by atoms with E-state index in [1.54, 1.807) is 7.05 Å². The second-order valence-electron chi connectivity index (χ2n) is 8.04. The van der Waals surface area contributed by atoms with Crippen molar-refractivity contribution >= 4 is 15.9 Å². The first-order valence-corrected chi connectivity index (χ1v) is 11.3. The number of nitrogens with two attached hydrogens (primary N) is 1. The number of piperidine rings is 1. The summed E-state index contributed by atoms with van der Waals surface area (Å²) >= 11 is 0. The fourth-order valence-electron chi connectivity index (χ4n) is 4.30. The Hall–Kier alpha value is -1.45. The predicted molar refractivity (Wildman–Crippen MR) is 102 cm³/mol. The normalized spacial score (nSPS) is 21.9. The van der Waals surface area contributed by atoms with E-state index >= 15 is 0 Å². The molecule has 27 heavy (non-hydrogen) atoms. The van der Waals surface area contributed by atoms with Gasteiger partial charge in [-0.05, 0) is 37.6 Å². The molecule has 2 heterocycles. The maximum atomic E-state index is 12.6. The van der Waals surface area contributed by atoms with Gasteiger partial charge >= 0.3 is 0 Å². The lowest BCUT2D eigenvalue weighted by Gasteiger charge is -2.37. The number of aryl methyl sites for hydroxylation is 1. The van der Waals surface area contributed by atoms with Crippen LogP contribution in [0.15, 0.2) is 17.3 Å². The van der Waals surface area contributed by atoms with Crippen LogP contribution in [0.2, 0.25) is 0 Å². The highest BCUT2D eigenvalue weighted by Gasteiger charge is 2.35. The molecule has 0 aromatic carbocycles. The topological polar surface area (TPSA) is 110 Å². The minimum Gasteiger partial charge on any atom is -0.353 e. The number of hydrogen-bond donors (Lipinski definition) is 2. The summed E-state index contributed by atoms with van der Waals surface area (Å²) in [5.74, 6) is 0.0518. The maximum Gasteiger partial charge on any atom is 0.246 e. The van der Waals surface area contributed by atoms with Gasteiger partial charge in [-0.3, -0.25) is 9.48 Å². The Kier molecular flexibility index (Phi) is 6.22. The van der Waals surface area contributed by atoms with Crippen molar-refractivity contribution in [3.05, 3.63) is 12.4 Å². The number of carbonyl (C=O) groups excluding carboxylic acids is 1. The molecular formula is C18H31N5O3S. The number of nitrogens with one attached hydrogen (secondary N) is 1. The third kappa shape index (κ3) is 4.70. The summed E-state index contributed by atoms with van der Waals surface area (Å²) in [6.07, 6.45) is 10.2. The molecule has 1 aliphatic carbocycles. The molecule has 0 radical (unpaired) electrons. The van der Waals surface area contributed by atoms with Crippen LogP contribution < -0.4 is 11.1 Å². The van der Waals surface area contributed by atoms with Gasteiger partial charge < -0.3 is 11.1 Å². The van der Waals surface area contributed by atoms with Crippen LogP contribution in [0, 0.1) is 5.41 Å². The molecule has 1 saturated carbocycles. The summed E-state index contributed by atoms with van der Waals surface area (Å²) in [6, 6.07) is 0.0243. The summed E-state index contributed by atoms with van der Waals surface area (Å²) < 4.78 is 28.3. The quantitative estimate of drug-likeness (QED) is 0.744. The van der Waals surface area contributed by atoms with Gasteiger partial charge in [0.05, 0.1) is 6.20 Å². The molecule has 2 aliphatic rings. The van der Waals surface area contributed by atoms with Gasteiger partial charge in [-0.2, -0.15) is 9.40 Å². The van der Waals surface area contributed by atoms with E-state index in [9.17, 15) is 13.2 Å². The van der Waals surface area contributed by atoms with Crippen molar-refractivity contribution in [1.29, 1.82) is 0 Å². The molecule has 1 saturated heterocycles. The van der Waals surface area contributed by atoms with E-state index in [0.717, 1.165) is 25.7 Å². The molecule has 3 N–H and O–H groups in total. The van der Waals surface area contributed by atoms with Crippen LogP contribution in [0.1, 0.15) is 51.4 Å². The lowest BCUT2D eigenvalue weighted by Crippen LogP contribution is -2.48. The number of hydrogen-bond acceptors (Lipinski definition) is 5. The Morgan fingerprint density at radius 3 is 2.52 bits per heavy atom. The fraction of sp³-hybridized carbons (Fsp3) is 0.778. The molecule has 1 aromatic heterocycles. The summed E-state index contributed by atoms with van der Waals surface area (Å²) in [6.45, 7) is 1.37. The minimum absolute atomic E-state index is 0.0243. The fourth-order valence-corrected chi connectivity index (χ4v) is 5.75. The van der Waals surface area contributed by atoms with Crippen molar-refractivity contribution in [3.8, 4) is 0 Å². The minimum atomic E-state index is -3.51. The highest BCUT2D eigenvalue weighted by atomic mass is 32.2. The van der Waals surface area contributed by atoms with E-state index in [2.05, 4.69) is 10.4 Å². The van der Waals surface area contributed by atoms with Crippen LogP contribution in [0.3, 0.4) is 0 Å². The van der Waals surface area contributed by atoms with Gasteiger partial charge in [0.1, 0.15) is 4.90 Å². The number of aromatic nitrogens is 2. The molecule has 0 spiro atoms. The van der Waals surface area contributed by atoms with Crippen molar-refractivity contribution < 1.29 is 13.2 Å². The first-order valence-electron chi connectivity index (χ1n) is 9.83. The summed E-state index contributed by atoms with van der Waals surface area (Å²) in [7, 11) is -1.81. The number of carbonyl (C=O) groups is 1. The SMILES string of the molecule is Cn1cc(S(=O)(=O)N2CCC(NC(=O)CC3(CN)CCCCC3)CC2)cn1. The lowest BCUT2D eigenvalue weighted by molar-refractivity contribution is -0.124. The number of nitrogens with zero attached hydrogens (tertiary/aromatic N) is 3. The van der Waals surface area contributed by atoms with Gasteiger partial charge in [0.25, 0.3) is 0 Å². The van der Waals surface area contributed by atoms with E-state index in [1.165, 1.54) is 27.8 Å². The van der Waals surface area contributed by atoms with Crippen molar-refractivity contribution in [2.45, 2.75) is 62.3 Å². The van der Waals surface area contributed by atoms with Gasteiger partial charge in [-0.25, -0.2) is 8.42 Å². The molecule has 1 amide bonds. The number of sulfonamides is 1. The van der Waals surface area contributed by atoms with E-state index in [0.29, 0.717) is 38.9 Å². The highest BCUT2D eigenvalue weighted by Crippen LogP contribution is 2.38. The molecule has 0 bridgehead atoms. The van der Waals surface area contributed by atoms with Crippen molar-refractivity contribution in [2.75, 3.05) is 19.6 Å². The molecule has 8 nitrogen and oxygen atoms in total. The third-order valence-electron chi connectivity index (χ3n) is 6.02. The Morgan fingerprint density at radius 2 is 1.96 bits per heavy atom. The van der Waals surface area contributed by atoms with Gasteiger partial charge in [0.15, 0.2) is 0 Å². The van der Waals surface area contributed by atoms with Crippen molar-refractivity contribution in [3.63, 3.8) is 0 Å². The van der Waals surface area contributed by atoms with Crippen LogP contribution >= 0.6 is 0 Å². The van der Waals surface area contributed by atoms with Gasteiger partial charge in [0, 0.05) is 38.8 Å². The Labute approximate surface area is 161 Å². The van der Waals surface area contributed by atoms with Crippen molar-refractivity contribution in [1.82, 2.24) is 19.4 Å². The monoisotopic (exact) mass is 397 g/mol. The van der Waals surface area contributed by atoms with Gasteiger partial charge in [-0.1, -0.05) is 19.3 Å². The molecule has 152 valence electrons. The first kappa shape index (κ1) is 20.3. The molecule has 1 aromatic rings. The van der Waals surface area contributed by atoms with E-state index < -0.39 is 10.0 Å². The van der Waals surface area contributed by atoms with Crippen molar-refractivity contribution in [2.24, 2.45) is 18.2 Å². The lowest BCUT2D eigenvalue weighted by atomic mass is 9.71. The average molecular weight is 398 g/mol. The number of amides is 1. The summed E-state index contributed by atoms with van der Waals surface area (Å²) in [4.78, 5) is 12.8. The second kappa shape index (κ2) is 8.28. The number of rotatable bonds is 6. The zero-order valence-electron chi connectivity index (χ0n) is 16.1. The molecule has 0 atom stereocenters. The van der Waals surface area contributed by atoms with E-state index in [1.807, 2.05) is 0 Å². The molecule has 3 rings (SSSR count). The van der Waals surface area contributed by atoms with Crippen LogP contribution in [-0.2, 0) is 21.9 Å². The second-order valence-corrected chi connectivity index (χ2v) is 9.98. The zero-order chi connectivity index (χ0) is 19.5. The van der Waals surface area contributed by atoms with Crippen LogP contribution in [0.5, 0.6) is 0 Å². The average Bonchev–Trinajstić information content (AvgIpc) is 3.10. The molecule has 0 unspecified atom stereocenters. The molecule has 2 fully saturated rings. The molecule has 9 heteroatoms. The largest absolute Gasteiger partial charge is 0.353 e. The van der Waals surface area contributed by atoms with Crippen LogP contribution in [0.4, 0.5) is 0 Å². The summed E-state index contributed by atoms with van der Waals surface area (Å²) in [5, 5.41) is 7.05. The molecular weight excluding hydrogens is 366 g/mol.